The maximum absolute atomic E-state index is 13.7. The fraction of sp³-hybridized carbons (Fsp3) is 0.500. The van der Waals surface area contributed by atoms with Gasteiger partial charge in [0.15, 0.2) is 0 Å². The molecule has 5 nitrogen and oxygen atoms in total. The van der Waals surface area contributed by atoms with Gasteiger partial charge in [0.25, 0.3) is 5.91 Å². The Morgan fingerprint density at radius 3 is 2.58 bits per heavy atom. The molecule has 0 N–H and O–H groups in total. The highest BCUT2D eigenvalue weighted by Crippen LogP contribution is 2.50. The Kier molecular flexibility index (Phi) is 5.39. The number of piperazine rings is 1. The van der Waals surface area contributed by atoms with Gasteiger partial charge in [0.2, 0.25) is 0 Å². The number of anilines is 1. The summed E-state index contributed by atoms with van der Waals surface area (Å²) in [6.45, 7) is 7.25. The number of nitrogens with zero attached hydrogens (tertiary/aromatic N) is 3. The van der Waals surface area contributed by atoms with Crippen molar-refractivity contribution in [2.45, 2.75) is 38.1 Å². The Hall–Kier alpha value is -2.53. The zero-order valence-electron chi connectivity index (χ0n) is 18.9. The molecule has 2 bridgehead atoms. The fourth-order valence-corrected chi connectivity index (χ4v) is 5.57. The van der Waals surface area contributed by atoms with Crippen LogP contribution in [-0.4, -0.2) is 62.6 Å². The van der Waals surface area contributed by atoms with E-state index in [0.29, 0.717) is 17.2 Å². The quantitative estimate of drug-likeness (QED) is 0.748. The van der Waals surface area contributed by atoms with Crippen molar-refractivity contribution in [2.24, 2.45) is 0 Å². The van der Waals surface area contributed by atoms with E-state index < -0.39 is 0 Å². The van der Waals surface area contributed by atoms with E-state index in [2.05, 4.69) is 52.9 Å². The summed E-state index contributed by atoms with van der Waals surface area (Å²) >= 11 is 0. The number of carbonyl (C=O) groups is 1. The molecule has 1 aliphatic carbocycles. The largest absolute Gasteiger partial charge is 0.496 e. The normalized spacial score (nSPS) is 23.1. The molecule has 2 atom stereocenters. The van der Waals surface area contributed by atoms with E-state index in [1.807, 2.05) is 12.1 Å². The van der Waals surface area contributed by atoms with Gasteiger partial charge in [0.05, 0.1) is 18.7 Å². The Morgan fingerprint density at radius 2 is 1.84 bits per heavy atom. The fourth-order valence-electron chi connectivity index (χ4n) is 5.57. The van der Waals surface area contributed by atoms with Crippen LogP contribution in [0.4, 0.5) is 5.69 Å². The third-order valence-corrected chi connectivity index (χ3v) is 7.50. The van der Waals surface area contributed by atoms with Gasteiger partial charge in [-0.2, -0.15) is 0 Å². The van der Waals surface area contributed by atoms with Gasteiger partial charge in [-0.3, -0.25) is 4.79 Å². The van der Waals surface area contributed by atoms with Crippen LogP contribution >= 0.6 is 0 Å². The molecule has 2 heterocycles. The summed E-state index contributed by atoms with van der Waals surface area (Å²) in [4.78, 5) is 20.7. The zero-order valence-corrected chi connectivity index (χ0v) is 18.9. The summed E-state index contributed by atoms with van der Waals surface area (Å²) in [6.07, 6.45) is 2.99. The molecule has 0 radical (unpaired) electrons. The molecule has 31 heavy (non-hydrogen) atoms. The van der Waals surface area contributed by atoms with E-state index in [4.69, 9.17) is 4.74 Å². The van der Waals surface area contributed by atoms with Crippen LogP contribution in [0.1, 0.15) is 58.8 Å². The molecule has 2 saturated heterocycles. The van der Waals surface area contributed by atoms with Crippen LogP contribution in [0.3, 0.4) is 0 Å². The van der Waals surface area contributed by atoms with E-state index in [0.717, 1.165) is 52.0 Å². The van der Waals surface area contributed by atoms with E-state index in [-0.39, 0.29) is 11.9 Å². The van der Waals surface area contributed by atoms with Crippen LogP contribution in [0.5, 0.6) is 5.75 Å². The smallest absolute Gasteiger partial charge is 0.258 e. The lowest BCUT2D eigenvalue weighted by molar-refractivity contribution is 0.0617. The van der Waals surface area contributed by atoms with Gasteiger partial charge in [0, 0.05) is 38.4 Å². The summed E-state index contributed by atoms with van der Waals surface area (Å²) in [7, 11) is 3.84. The molecule has 164 valence electrons. The first kappa shape index (κ1) is 20.4. The molecule has 1 amide bonds. The molecule has 0 aromatic heterocycles. The number of carbonyl (C=O) groups excluding carboxylic acids is 1. The predicted molar refractivity (Wildman–Crippen MR) is 124 cm³/mol. The molecular formula is C26H33N3O2. The lowest BCUT2D eigenvalue weighted by Crippen LogP contribution is -2.44. The van der Waals surface area contributed by atoms with Crippen molar-refractivity contribution >= 4 is 11.6 Å². The topological polar surface area (TPSA) is 36.0 Å². The SMILES string of the molecule is CCc1ccc(OC)c(C(=O)N2CC[C@@H]3C[C@@H]2c2cc(N4CCN(C)CC4)ccc23)c1. The monoisotopic (exact) mass is 419 g/mol. The van der Waals surface area contributed by atoms with Crippen molar-refractivity contribution in [3.63, 3.8) is 0 Å². The number of likely N-dealkylation sites (tertiary alicyclic amines) is 1. The molecule has 3 aliphatic rings. The molecule has 2 fully saturated rings. The molecule has 2 aliphatic heterocycles. The molecule has 0 unspecified atom stereocenters. The first-order valence-electron chi connectivity index (χ1n) is 11.6. The van der Waals surface area contributed by atoms with Gasteiger partial charge in [-0.1, -0.05) is 19.1 Å². The van der Waals surface area contributed by atoms with Gasteiger partial charge in [-0.15, -0.1) is 0 Å². The standard InChI is InChI=1S/C26H33N3O2/c1-4-18-5-8-25(31-3)23(15-18)26(30)29-10-9-19-16-24(29)22-17-20(6-7-21(19)22)28-13-11-27(2)12-14-28/h5-8,15,17,19,24H,4,9-14,16H2,1-3H3/t19-,24-/m1/s1. The lowest BCUT2D eigenvalue weighted by atomic mass is 9.95. The van der Waals surface area contributed by atoms with Crippen LogP contribution in [0.2, 0.25) is 0 Å². The molecule has 5 heteroatoms. The van der Waals surface area contributed by atoms with Crippen molar-refractivity contribution in [3.8, 4) is 5.75 Å². The Morgan fingerprint density at radius 1 is 1.03 bits per heavy atom. The number of likely N-dealkylation sites (N-methyl/N-ethyl adjacent to an activating group) is 1. The summed E-state index contributed by atoms with van der Waals surface area (Å²) in [5, 5.41) is 0. The summed E-state index contributed by atoms with van der Waals surface area (Å²) in [5.74, 6) is 1.36. The first-order valence-corrected chi connectivity index (χ1v) is 11.6. The number of amides is 1. The number of methoxy groups -OCH3 is 1. The van der Waals surface area contributed by atoms with Crippen molar-refractivity contribution in [3.05, 3.63) is 58.7 Å². The Balaban J connectivity index is 1.46. The van der Waals surface area contributed by atoms with Gasteiger partial charge in [0.1, 0.15) is 5.75 Å². The van der Waals surface area contributed by atoms with Crippen LogP contribution in [0.25, 0.3) is 0 Å². The summed E-state index contributed by atoms with van der Waals surface area (Å²) in [5.41, 5.74) is 5.98. The van der Waals surface area contributed by atoms with Crippen LogP contribution in [0.15, 0.2) is 36.4 Å². The molecule has 0 spiro atoms. The van der Waals surface area contributed by atoms with Crippen LogP contribution in [-0.2, 0) is 6.42 Å². The lowest BCUT2D eigenvalue weighted by Gasteiger charge is -2.35. The zero-order chi connectivity index (χ0) is 21.5. The maximum atomic E-state index is 13.7. The molecule has 2 aromatic rings. The number of hydrogen-bond donors (Lipinski definition) is 0. The van der Waals surface area contributed by atoms with Gasteiger partial charge >= 0.3 is 0 Å². The third-order valence-electron chi connectivity index (χ3n) is 7.50. The number of benzene rings is 2. The molecule has 2 aromatic carbocycles. The Labute approximate surface area is 185 Å². The van der Waals surface area contributed by atoms with Crippen molar-refractivity contribution in [1.29, 1.82) is 0 Å². The second-order valence-electron chi connectivity index (χ2n) is 9.23. The number of piperidine rings is 1. The van der Waals surface area contributed by atoms with Gasteiger partial charge < -0.3 is 19.4 Å². The average molecular weight is 420 g/mol. The van der Waals surface area contributed by atoms with Crippen LogP contribution < -0.4 is 9.64 Å². The van der Waals surface area contributed by atoms with E-state index >= 15 is 0 Å². The molecule has 5 rings (SSSR count). The number of ether oxygens (including phenoxy) is 1. The van der Waals surface area contributed by atoms with Crippen molar-refractivity contribution < 1.29 is 9.53 Å². The van der Waals surface area contributed by atoms with Gasteiger partial charge in [-0.25, -0.2) is 0 Å². The highest BCUT2D eigenvalue weighted by Gasteiger charge is 2.41. The second kappa shape index (κ2) is 8.19. The van der Waals surface area contributed by atoms with E-state index in [1.54, 1.807) is 7.11 Å². The second-order valence-corrected chi connectivity index (χ2v) is 9.23. The van der Waals surface area contributed by atoms with E-state index in [9.17, 15) is 4.79 Å². The highest BCUT2D eigenvalue weighted by molar-refractivity contribution is 5.97. The number of hydrogen-bond acceptors (Lipinski definition) is 4. The molecular weight excluding hydrogens is 386 g/mol. The van der Waals surface area contributed by atoms with E-state index in [1.165, 1.54) is 22.4 Å². The number of aryl methyl sites for hydroxylation is 1. The summed E-state index contributed by atoms with van der Waals surface area (Å²) < 4.78 is 5.55. The predicted octanol–water partition coefficient (Wildman–Crippen LogP) is 4.08. The third kappa shape index (κ3) is 3.59. The number of fused-ring (bicyclic) bond motifs is 5. The van der Waals surface area contributed by atoms with Gasteiger partial charge in [-0.05, 0) is 73.2 Å². The van der Waals surface area contributed by atoms with Crippen LogP contribution in [0, 0.1) is 0 Å². The van der Waals surface area contributed by atoms with Crippen molar-refractivity contribution in [1.82, 2.24) is 9.80 Å². The number of rotatable bonds is 4. The minimum atomic E-state index is 0.105. The summed E-state index contributed by atoms with van der Waals surface area (Å²) in [6, 6.07) is 13.2. The minimum Gasteiger partial charge on any atom is -0.496 e. The van der Waals surface area contributed by atoms with Crippen molar-refractivity contribution in [2.75, 3.05) is 51.8 Å². The highest BCUT2D eigenvalue weighted by atomic mass is 16.5. The molecule has 0 saturated carbocycles. The Bertz CT molecular complexity index is 981. The minimum absolute atomic E-state index is 0.105. The maximum Gasteiger partial charge on any atom is 0.258 e. The first-order chi connectivity index (χ1) is 15.1. The average Bonchev–Trinajstić information content (AvgIpc) is 3.10.